The van der Waals surface area contributed by atoms with Crippen molar-refractivity contribution < 1.29 is 19.1 Å². The summed E-state index contributed by atoms with van der Waals surface area (Å²) in [7, 11) is 1.31. The van der Waals surface area contributed by atoms with Crippen molar-refractivity contribution in [1.29, 1.82) is 0 Å². The van der Waals surface area contributed by atoms with E-state index in [2.05, 4.69) is 22.0 Å². The number of nitrogens with zero attached hydrogens (tertiary/aromatic N) is 3. The molecular formula is C15H21N3O4. The van der Waals surface area contributed by atoms with Gasteiger partial charge >= 0.3 is 11.9 Å². The third-order valence-electron chi connectivity index (χ3n) is 4.59. The van der Waals surface area contributed by atoms with Crippen LogP contribution < -0.4 is 0 Å². The van der Waals surface area contributed by atoms with Crippen LogP contribution in [0.25, 0.3) is 0 Å². The summed E-state index contributed by atoms with van der Waals surface area (Å²) in [6, 6.07) is -0.0577. The van der Waals surface area contributed by atoms with Crippen molar-refractivity contribution in [2.45, 2.75) is 51.2 Å². The summed E-state index contributed by atoms with van der Waals surface area (Å²) < 4.78 is 12.0. The first-order valence-electron chi connectivity index (χ1n) is 7.80. The van der Waals surface area contributed by atoms with Gasteiger partial charge in [0.15, 0.2) is 5.69 Å². The van der Waals surface area contributed by atoms with E-state index in [1.807, 2.05) is 0 Å². The van der Waals surface area contributed by atoms with Gasteiger partial charge in [0.05, 0.1) is 25.3 Å². The Labute approximate surface area is 129 Å². The molecule has 0 bridgehead atoms. The minimum absolute atomic E-state index is 0.0577. The Morgan fingerprint density at radius 3 is 2.73 bits per heavy atom. The fourth-order valence-corrected chi connectivity index (χ4v) is 3.04. The fourth-order valence-electron chi connectivity index (χ4n) is 3.04. The molecule has 2 aliphatic rings. The van der Waals surface area contributed by atoms with Crippen molar-refractivity contribution in [2.24, 2.45) is 11.8 Å². The summed E-state index contributed by atoms with van der Waals surface area (Å²) in [5.74, 6) is -0.115. The van der Waals surface area contributed by atoms with E-state index in [-0.39, 0.29) is 29.7 Å². The SMILES string of the molecule is COC(=O)c1cn([C@@H]2CCCC[C@@H]2OC(=O)[C@@H]2C[C@@H]2C)nn1. The predicted octanol–water partition coefficient (Wildman–Crippen LogP) is 1.75. The molecule has 3 rings (SSSR count). The number of esters is 2. The molecule has 0 spiro atoms. The molecule has 4 atom stereocenters. The van der Waals surface area contributed by atoms with Crippen LogP contribution in [0.3, 0.4) is 0 Å². The standard InChI is InChI=1S/C15H21N3O4/c1-9-7-10(9)14(19)22-13-6-4-3-5-12(13)18-8-11(16-17-18)15(20)21-2/h8-10,12-13H,3-7H2,1-2H3/t9-,10+,12+,13-/m0/s1. The van der Waals surface area contributed by atoms with E-state index in [1.54, 1.807) is 10.9 Å². The molecule has 0 saturated heterocycles. The normalized spacial score (nSPS) is 30.6. The molecule has 0 aromatic carbocycles. The Hall–Kier alpha value is -1.92. The van der Waals surface area contributed by atoms with Gasteiger partial charge in [0.2, 0.25) is 0 Å². The zero-order valence-corrected chi connectivity index (χ0v) is 12.9. The van der Waals surface area contributed by atoms with Crippen molar-refractivity contribution in [2.75, 3.05) is 7.11 Å². The van der Waals surface area contributed by atoms with Gasteiger partial charge in [-0.25, -0.2) is 9.48 Å². The van der Waals surface area contributed by atoms with E-state index in [9.17, 15) is 9.59 Å². The van der Waals surface area contributed by atoms with E-state index in [4.69, 9.17) is 4.74 Å². The summed E-state index contributed by atoms with van der Waals surface area (Å²) in [6.45, 7) is 2.06. The topological polar surface area (TPSA) is 83.3 Å². The molecule has 2 saturated carbocycles. The molecule has 2 fully saturated rings. The van der Waals surface area contributed by atoms with Crippen molar-refractivity contribution in [3.05, 3.63) is 11.9 Å². The molecule has 2 aliphatic carbocycles. The summed E-state index contributed by atoms with van der Waals surface area (Å²) >= 11 is 0. The van der Waals surface area contributed by atoms with Gasteiger partial charge in [0.25, 0.3) is 0 Å². The molecular weight excluding hydrogens is 286 g/mol. The molecule has 0 aliphatic heterocycles. The first-order valence-corrected chi connectivity index (χ1v) is 7.80. The molecule has 7 heteroatoms. The molecule has 120 valence electrons. The zero-order chi connectivity index (χ0) is 15.7. The van der Waals surface area contributed by atoms with Gasteiger partial charge in [-0.05, 0) is 31.6 Å². The number of hydrogen-bond acceptors (Lipinski definition) is 6. The van der Waals surface area contributed by atoms with Crippen LogP contribution in [0.15, 0.2) is 6.20 Å². The van der Waals surface area contributed by atoms with Crippen molar-refractivity contribution in [1.82, 2.24) is 15.0 Å². The van der Waals surface area contributed by atoms with Gasteiger partial charge in [-0.3, -0.25) is 4.79 Å². The summed E-state index contributed by atoms with van der Waals surface area (Å²) in [5, 5.41) is 7.85. The second-order valence-electron chi connectivity index (χ2n) is 6.22. The number of ether oxygens (including phenoxy) is 2. The van der Waals surface area contributed by atoms with Gasteiger partial charge < -0.3 is 9.47 Å². The smallest absolute Gasteiger partial charge is 0.360 e. The highest BCUT2D eigenvalue weighted by Gasteiger charge is 2.42. The zero-order valence-electron chi connectivity index (χ0n) is 12.9. The first kappa shape index (κ1) is 15.0. The molecule has 0 amide bonds. The molecule has 1 aromatic rings. The maximum atomic E-state index is 12.1. The van der Waals surface area contributed by atoms with Crippen molar-refractivity contribution in [3.63, 3.8) is 0 Å². The van der Waals surface area contributed by atoms with E-state index >= 15 is 0 Å². The van der Waals surface area contributed by atoms with Gasteiger partial charge in [0, 0.05) is 0 Å². The van der Waals surface area contributed by atoms with Crippen LogP contribution in [0.1, 0.15) is 55.6 Å². The molecule has 0 radical (unpaired) electrons. The van der Waals surface area contributed by atoms with E-state index < -0.39 is 5.97 Å². The number of hydrogen-bond donors (Lipinski definition) is 0. The van der Waals surface area contributed by atoms with Gasteiger partial charge in [-0.1, -0.05) is 18.6 Å². The van der Waals surface area contributed by atoms with Crippen molar-refractivity contribution in [3.8, 4) is 0 Å². The Bertz CT molecular complexity index is 571. The van der Waals surface area contributed by atoms with Crippen LogP contribution in [0, 0.1) is 11.8 Å². The minimum atomic E-state index is -0.512. The first-order chi connectivity index (χ1) is 10.6. The Kier molecular flexibility index (Phi) is 4.13. The van der Waals surface area contributed by atoms with Crippen LogP contribution in [0.2, 0.25) is 0 Å². The lowest BCUT2D eigenvalue weighted by molar-refractivity contribution is -0.155. The van der Waals surface area contributed by atoms with Crippen LogP contribution >= 0.6 is 0 Å². The summed E-state index contributed by atoms with van der Waals surface area (Å²) in [6.07, 6.45) is 6.07. The Morgan fingerprint density at radius 1 is 1.32 bits per heavy atom. The van der Waals surface area contributed by atoms with Crippen LogP contribution in [-0.2, 0) is 14.3 Å². The van der Waals surface area contributed by atoms with Gasteiger partial charge in [-0.2, -0.15) is 0 Å². The number of rotatable bonds is 4. The van der Waals surface area contributed by atoms with Gasteiger partial charge in [-0.15, -0.1) is 5.10 Å². The second-order valence-corrected chi connectivity index (χ2v) is 6.22. The summed E-state index contributed by atoms with van der Waals surface area (Å²) in [5.41, 5.74) is 0.175. The third kappa shape index (κ3) is 2.98. The number of carbonyl (C=O) groups excluding carboxylic acids is 2. The molecule has 22 heavy (non-hydrogen) atoms. The van der Waals surface area contributed by atoms with Crippen molar-refractivity contribution >= 4 is 11.9 Å². The maximum absolute atomic E-state index is 12.1. The number of methoxy groups -OCH3 is 1. The Morgan fingerprint density at radius 2 is 2.05 bits per heavy atom. The lowest BCUT2D eigenvalue weighted by atomic mass is 9.92. The predicted molar refractivity (Wildman–Crippen MR) is 76.0 cm³/mol. The molecule has 0 unspecified atom stereocenters. The molecule has 7 nitrogen and oxygen atoms in total. The highest BCUT2D eigenvalue weighted by atomic mass is 16.5. The Balaban J connectivity index is 1.70. The van der Waals surface area contributed by atoms with Crippen LogP contribution in [-0.4, -0.2) is 40.1 Å². The fraction of sp³-hybridized carbons (Fsp3) is 0.733. The van der Waals surface area contributed by atoms with E-state index in [0.29, 0.717) is 5.92 Å². The lowest BCUT2D eigenvalue weighted by Crippen LogP contribution is -2.33. The quantitative estimate of drug-likeness (QED) is 0.788. The van der Waals surface area contributed by atoms with E-state index in [0.717, 1.165) is 32.1 Å². The molecule has 1 aromatic heterocycles. The average Bonchev–Trinajstić information content (AvgIpc) is 3.07. The highest BCUT2D eigenvalue weighted by molar-refractivity contribution is 5.86. The molecule has 0 N–H and O–H groups in total. The lowest BCUT2D eigenvalue weighted by Gasteiger charge is -2.30. The number of aromatic nitrogens is 3. The monoisotopic (exact) mass is 307 g/mol. The number of carbonyl (C=O) groups is 2. The largest absolute Gasteiger partial charge is 0.464 e. The average molecular weight is 307 g/mol. The summed E-state index contributed by atoms with van der Waals surface area (Å²) in [4.78, 5) is 23.6. The molecule has 1 heterocycles. The third-order valence-corrected chi connectivity index (χ3v) is 4.59. The minimum Gasteiger partial charge on any atom is -0.464 e. The van der Waals surface area contributed by atoms with Gasteiger partial charge in [0.1, 0.15) is 6.10 Å². The van der Waals surface area contributed by atoms with Crippen LogP contribution in [0.4, 0.5) is 0 Å². The van der Waals surface area contributed by atoms with Crippen LogP contribution in [0.5, 0.6) is 0 Å². The maximum Gasteiger partial charge on any atom is 0.360 e. The second kappa shape index (κ2) is 6.06. The highest BCUT2D eigenvalue weighted by Crippen LogP contribution is 2.40. The van der Waals surface area contributed by atoms with E-state index in [1.165, 1.54) is 7.11 Å².